The van der Waals surface area contributed by atoms with E-state index >= 15 is 0 Å². The van der Waals surface area contributed by atoms with E-state index in [1.807, 2.05) is 6.92 Å². The van der Waals surface area contributed by atoms with Gasteiger partial charge in [0, 0.05) is 18.2 Å². The highest BCUT2D eigenvalue weighted by atomic mass is 32.2. The summed E-state index contributed by atoms with van der Waals surface area (Å²) in [5.74, 6) is 1.75. The monoisotopic (exact) mass is 354 g/mol. The van der Waals surface area contributed by atoms with Gasteiger partial charge in [-0.05, 0) is 50.0 Å². The predicted molar refractivity (Wildman–Crippen MR) is 88.4 cm³/mol. The molecular weight excluding hydrogens is 332 g/mol. The topological polar surface area (TPSA) is 98.5 Å². The minimum absolute atomic E-state index is 0.105. The van der Waals surface area contributed by atoms with Gasteiger partial charge < -0.3 is 4.74 Å². The number of rotatable bonds is 6. The first-order valence-electron chi connectivity index (χ1n) is 8.16. The fraction of sp³-hybridized carbons (Fsp3) is 0.625. The highest BCUT2D eigenvalue weighted by Crippen LogP contribution is 2.49. The first kappa shape index (κ1) is 17.2. The van der Waals surface area contributed by atoms with Crippen molar-refractivity contribution >= 4 is 15.7 Å². The largest absolute Gasteiger partial charge is 0.495 e. The third-order valence-electron chi connectivity index (χ3n) is 5.42. The molecule has 0 spiro atoms. The Balaban J connectivity index is 1.84. The number of methoxy groups -OCH3 is 1. The molecule has 4 atom stereocenters. The zero-order chi connectivity index (χ0) is 17.5. The second-order valence-electron chi connectivity index (χ2n) is 6.84. The van der Waals surface area contributed by atoms with Gasteiger partial charge in [-0.15, -0.1) is 0 Å². The van der Waals surface area contributed by atoms with Crippen LogP contribution in [0.1, 0.15) is 32.6 Å². The van der Waals surface area contributed by atoms with Crippen molar-refractivity contribution < 1.29 is 18.1 Å². The van der Waals surface area contributed by atoms with Crippen molar-refractivity contribution in [2.45, 2.75) is 43.5 Å². The van der Waals surface area contributed by atoms with Crippen LogP contribution in [0.2, 0.25) is 0 Å². The van der Waals surface area contributed by atoms with Crippen LogP contribution in [0.5, 0.6) is 5.75 Å². The summed E-state index contributed by atoms with van der Waals surface area (Å²) in [6, 6.07) is 3.40. The number of nitro groups is 1. The first-order valence-corrected chi connectivity index (χ1v) is 9.65. The van der Waals surface area contributed by atoms with Crippen molar-refractivity contribution in [1.29, 1.82) is 0 Å². The third kappa shape index (κ3) is 3.12. The van der Waals surface area contributed by atoms with Crippen molar-refractivity contribution in [2.24, 2.45) is 17.8 Å². The molecule has 132 valence electrons. The molecule has 0 unspecified atom stereocenters. The molecule has 2 bridgehead atoms. The van der Waals surface area contributed by atoms with Crippen LogP contribution in [0.15, 0.2) is 23.1 Å². The Morgan fingerprint density at radius 3 is 2.62 bits per heavy atom. The van der Waals surface area contributed by atoms with Gasteiger partial charge in [-0.3, -0.25) is 10.1 Å². The summed E-state index contributed by atoms with van der Waals surface area (Å²) in [4.78, 5) is 10.1. The molecule has 0 aliphatic heterocycles. The lowest BCUT2D eigenvalue weighted by Gasteiger charge is -2.28. The van der Waals surface area contributed by atoms with Crippen molar-refractivity contribution in [2.75, 3.05) is 7.11 Å². The van der Waals surface area contributed by atoms with Crippen LogP contribution in [-0.4, -0.2) is 26.5 Å². The maximum atomic E-state index is 12.7. The van der Waals surface area contributed by atoms with Crippen LogP contribution in [0.25, 0.3) is 0 Å². The Labute approximate surface area is 141 Å². The molecule has 0 saturated heterocycles. The number of non-ortho nitro benzene ring substituents is 1. The van der Waals surface area contributed by atoms with Gasteiger partial charge >= 0.3 is 0 Å². The fourth-order valence-corrected chi connectivity index (χ4v) is 5.77. The quantitative estimate of drug-likeness (QED) is 0.625. The summed E-state index contributed by atoms with van der Waals surface area (Å²) in [5, 5.41) is 10.9. The highest BCUT2D eigenvalue weighted by molar-refractivity contribution is 7.89. The molecule has 3 rings (SSSR count). The van der Waals surface area contributed by atoms with Crippen molar-refractivity contribution in [3.63, 3.8) is 0 Å². The van der Waals surface area contributed by atoms with Gasteiger partial charge in [0.2, 0.25) is 10.0 Å². The second kappa shape index (κ2) is 6.33. The van der Waals surface area contributed by atoms with Crippen LogP contribution in [0, 0.1) is 27.9 Å². The van der Waals surface area contributed by atoms with Gasteiger partial charge in [0.15, 0.2) is 0 Å². The number of nitro benzene ring substituents is 1. The van der Waals surface area contributed by atoms with Crippen LogP contribution in [0.3, 0.4) is 0 Å². The van der Waals surface area contributed by atoms with Gasteiger partial charge in [0.1, 0.15) is 10.6 Å². The van der Waals surface area contributed by atoms with E-state index in [1.54, 1.807) is 0 Å². The molecule has 2 aliphatic carbocycles. The smallest absolute Gasteiger partial charge is 0.271 e. The Morgan fingerprint density at radius 1 is 1.33 bits per heavy atom. The Morgan fingerprint density at radius 2 is 2.08 bits per heavy atom. The molecule has 1 N–H and O–H groups in total. The van der Waals surface area contributed by atoms with Crippen molar-refractivity contribution in [3.05, 3.63) is 28.3 Å². The van der Waals surface area contributed by atoms with E-state index in [0.29, 0.717) is 11.8 Å². The summed E-state index contributed by atoms with van der Waals surface area (Å²) < 4.78 is 33.3. The zero-order valence-corrected chi connectivity index (χ0v) is 14.6. The molecule has 0 aromatic heterocycles. The number of fused-ring (bicyclic) bond motifs is 2. The average Bonchev–Trinajstić information content (AvgIpc) is 3.16. The summed E-state index contributed by atoms with van der Waals surface area (Å²) in [6.45, 7) is 1.88. The maximum Gasteiger partial charge on any atom is 0.271 e. The number of benzene rings is 1. The standard InChI is InChI=1S/C16H22N2O5S/c1-10(14-8-11-3-4-12(14)7-11)17-24(21,22)16-9-13(18(19)20)5-6-15(16)23-2/h5-6,9-12,14,17H,3-4,7-8H2,1-2H3/t10-,11-,12-,14-/m0/s1. The molecule has 1 aromatic carbocycles. The van der Waals surface area contributed by atoms with Gasteiger partial charge in [0.25, 0.3) is 5.69 Å². The Kier molecular flexibility index (Phi) is 4.52. The van der Waals surface area contributed by atoms with Gasteiger partial charge in [-0.1, -0.05) is 6.42 Å². The highest BCUT2D eigenvalue weighted by Gasteiger charge is 2.43. The van der Waals surface area contributed by atoms with E-state index in [2.05, 4.69) is 4.72 Å². The molecule has 7 nitrogen and oxygen atoms in total. The average molecular weight is 354 g/mol. The van der Waals surface area contributed by atoms with Crippen molar-refractivity contribution in [3.8, 4) is 5.75 Å². The van der Waals surface area contributed by atoms with E-state index in [9.17, 15) is 18.5 Å². The number of hydrogen-bond acceptors (Lipinski definition) is 5. The molecule has 2 fully saturated rings. The fourth-order valence-electron chi connectivity index (χ4n) is 4.29. The van der Waals surface area contributed by atoms with Crippen LogP contribution in [-0.2, 0) is 10.0 Å². The molecule has 24 heavy (non-hydrogen) atoms. The second-order valence-corrected chi connectivity index (χ2v) is 8.52. The van der Waals surface area contributed by atoms with Crippen LogP contribution >= 0.6 is 0 Å². The minimum Gasteiger partial charge on any atom is -0.495 e. The number of nitrogens with zero attached hydrogens (tertiary/aromatic N) is 1. The van der Waals surface area contributed by atoms with E-state index < -0.39 is 14.9 Å². The van der Waals surface area contributed by atoms with Gasteiger partial charge in [0.05, 0.1) is 12.0 Å². The lowest BCUT2D eigenvalue weighted by Crippen LogP contribution is -2.40. The predicted octanol–water partition coefficient (Wildman–Crippen LogP) is 2.71. The number of nitrogens with one attached hydrogen (secondary N) is 1. The van der Waals surface area contributed by atoms with Crippen LogP contribution < -0.4 is 9.46 Å². The van der Waals surface area contributed by atoms with Gasteiger partial charge in [-0.25, -0.2) is 13.1 Å². The Hall–Kier alpha value is -1.67. The molecule has 0 radical (unpaired) electrons. The molecule has 0 amide bonds. The normalized spacial score (nSPS) is 27.2. The molecule has 2 aliphatic rings. The maximum absolute atomic E-state index is 12.7. The van der Waals surface area contributed by atoms with E-state index in [1.165, 1.54) is 38.5 Å². The zero-order valence-electron chi connectivity index (χ0n) is 13.8. The van der Waals surface area contributed by atoms with E-state index in [0.717, 1.165) is 18.4 Å². The third-order valence-corrected chi connectivity index (χ3v) is 7.00. The molecule has 0 heterocycles. The first-order chi connectivity index (χ1) is 11.3. The SMILES string of the molecule is COc1ccc([N+](=O)[O-])cc1S(=O)(=O)N[C@@H](C)[C@@H]1C[C@H]2CC[C@H]1C2. The van der Waals surface area contributed by atoms with Crippen LogP contribution in [0.4, 0.5) is 5.69 Å². The number of sulfonamides is 1. The summed E-state index contributed by atoms with van der Waals surface area (Å²) in [5.41, 5.74) is -0.274. The van der Waals surface area contributed by atoms with E-state index in [4.69, 9.17) is 4.74 Å². The summed E-state index contributed by atoms with van der Waals surface area (Å²) in [7, 11) is -2.55. The Bertz CT molecular complexity index is 749. The number of ether oxygens (including phenoxy) is 1. The molecular formula is C16H22N2O5S. The molecule has 2 saturated carbocycles. The molecule has 1 aromatic rings. The molecule has 8 heteroatoms. The minimum atomic E-state index is -3.89. The van der Waals surface area contributed by atoms with E-state index in [-0.39, 0.29) is 22.4 Å². The summed E-state index contributed by atoms with van der Waals surface area (Å²) in [6.07, 6.45) is 4.66. The van der Waals surface area contributed by atoms with Gasteiger partial charge in [-0.2, -0.15) is 0 Å². The van der Waals surface area contributed by atoms with Crippen molar-refractivity contribution in [1.82, 2.24) is 4.72 Å². The lowest BCUT2D eigenvalue weighted by molar-refractivity contribution is -0.385. The lowest BCUT2D eigenvalue weighted by atomic mass is 9.84. The summed E-state index contributed by atoms with van der Waals surface area (Å²) >= 11 is 0. The number of hydrogen-bond donors (Lipinski definition) is 1.